The van der Waals surface area contributed by atoms with Crippen LogP contribution in [0.3, 0.4) is 0 Å². The molecule has 2 rings (SSSR count). The summed E-state index contributed by atoms with van der Waals surface area (Å²) in [7, 11) is -3.54. The van der Waals surface area contributed by atoms with Gasteiger partial charge in [0.2, 0.25) is 10.0 Å². The molecule has 0 fully saturated rings. The fraction of sp³-hybridized carbons (Fsp3) is 0.500. The molecule has 0 unspecified atom stereocenters. The lowest BCUT2D eigenvalue weighted by Gasteiger charge is -2.30. The summed E-state index contributed by atoms with van der Waals surface area (Å²) in [4.78, 5) is 13.8. The predicted molar refractivity (Wildman–Crippen MR) is 87.1 cm³/mol. The summed E-state index contributed by atoms with van der Waals surface area (Å²) in [5.74, 6) is -0.127. The topological polar surface area (TPSA) is 77.9 Å². The van der Waals surface area contributed by atoms with E-state index in [1.54, 1.807) is 48.7 Å². The molecule has 6 nitrogen and oxygen atoms in total. The van der Waals surface area contributed by atoms with E-state index in [0.717, 1.165) is 10.6 Å². The molecule has 0 amide bonds. The van der Waals surface area contributed by atoms with Crippen LogP contribution in [0.25, 0.3) is 0 Å². The van der Waals surface area contributed by atoms with Gasteiger partial charge in [-0.15, -0.1) is 11.8 Å². The number of thioether (sulfide) groups is 1. The van der Waals surface area contributed by atoms with Crippen LogP contribution in [0.2, 0.25) is 0 Å². The molecular weight excluding hydrogens is 324 g/mol. The molecule has 0 atom stereocenters. The van der Waals surface area contributed by atoms with Crippen LogP contribution in [-0.4, -0.2) is 55.7 Å². The Morgan fingerprint density at radius 2 is 2.05 bits per heavy atom. The molecular formula is C14H20N2O4S2. The van der Waals surface area contributed by atoms with Gasteiger partial charge in [0.25, 0.3) is 0 Å². The van der Waals surface area contributed by atoms with Gasteiger partial charge in [-0.2, -0.15) is 4.31 Å². The van der Waals surface area contributed by atoms with Crippen molar-refractivity contribution < 1.29 is 18.3 Å². The van der Waals surface area contributed by atoms with Gasteiger partial charge in [0.15, 0.2) is 0 Å². The minimum Gasteiger partial charge on any atom is -0.480 e. The molecule has 8 heteroatoms. The SMILES string of the molecule is CCN(CC)S(=O)(=O)c1ccc2c(c1)N(CC(=O)O)CCS2. The Bertz CT molecular complexity index is 657. The van der Waals surface area contributed by atoms with Crippen molar-refractivity contribution in [2.75, 3.05) is 36.8 Å². The van der Waals surface area contributed by atoms with Crippen molar-refractivity contribution in [3.8, 4) is 0 Å². The van der Waals surface area contributed by atoms with Crippen LogP contribution < -0.4 is 4.90 Å². The van der Waals surface area contributed by atoms with Crippen molar-refractivity contribution in [3.05, 3.63) is 18.2 Å². The Morgan fingerprint density at radius 1 is 1.36 bits per heavy atom. The molecule has 1 aromatic carbocycles. The highest BCUT2D eigenvalue weighted by Gasteiger charge is 2.26. The number of aliphatic carboxylic acids is 1. The second-order valence-electron chi connectivity index (χ2n) is 4.88. The molecule has 0 radical (unpaired) electrons. The summed E-state index contributed by atoms with van der Waals surface area (Å²) in [6.45, 7) is 4.88. The van der Waals surface area contributed by atoms with E-state index in [1.807, 2.05) is 0 Å². The first kappa shape index (κ1) is 17.1. The number of carboxylic acids is 1. The number of rotatable bonds is 6. The van der Waals surface area contributed by atoms with E-state index in [0.29, 0.717) is 25.3 Å². The quantitative estimate of drug-likeness (QED) is 0.846. The lowest BCUT2D eigenvalue weighted by Crippen LogP contribution is -2.35. The number of hydrogen-bond acceptors (Lipinski definition) is 5. The minimum absolute atomic E-state index is 0.123. The van der Waals surface area contributed by atoms with E-state index in [1.165, 1.54) is 4.31 Å². The van der Waals surface area contributed by atoms with Crippen molar-refractivity contribution in [2.24, 2.45) is 0 Å². The molecule has 22 heavy (non-hydrogen) atoms. The number of carboxylic acid groups (broad SMARTS) is 1. The summed E-state index contributed by atoms with van der Waals surface area (Å²) < 4.78 is 26.6. The van der Waals surface area contributed by atoms with Crippen LogP contribution in [0.4, 0.5) is 5.69 Å². The first-order valence-electron chi connectivity index (χ1n) is 7.13. The zero-order valence-corrected chi connectivity index (χ0v) is 14.3. The minimum atomic E-state index is -3.54. The van der Waals surface area contributed by atoms with Gasteiger partial charge in [0, 0.05) is 30.3 Å². The summed E-state index contributed by atoms with van der Waals surface area (Å²) in [5.41, 5.74) is 0.687. The van der Waals surface area contributed by atoms with Crippen LogP contribution in [-0.2, 0) is 14.8 Å². The van der Waals surface area contributed by atoms with Crippen molar-refractivity contribution >= 4 is 33.4 Å². The third-order valence-electron chi connectivity index (χ3n) is 3.56. The van der Waals surface area contributed by atoms with Crippen LogP contribution >= 0.6 is 11.8 Å². The van der Waals surface area contributed by atoms with E-state index in [9.17, 15) is 13.2 Å². The zero-order valence-electron chi connectivity index (χ0n) is 12.7. The van der Waals surface area contributed by atoms with Gasteiger partial charge in [-0.1, -0.05) is 13.8 Å². The van der Waals surface area contributed by atoms with Gasteiger partial charge in [-0.25, -0.2) is 8.42 Å². The normalized spacial score (nSPS) is 15.0. The third-order valence-corrected chi connectivity index (χ3v) is 6.65. The van der Waals surface area contributed by atoms with E-state index in [-0.39, 0.29) is 11.4 Å². The van der Waals surface area contributed by atoms with Crippen molar-refractivity contribution in [3.63, 3.8) is 0 Å². The number of benzene rings is 1. The highest BCUT2D eigenvalue weighted by molar-refractivity contribution is 7.99. The molecule has 1 aromatic rings. The van der Waals surface area contributed by atoms with Crippen LogP contribution in [0.5, 0.6) is 0 Å². The highest BCUT2D eigenvalue weighted by Crippen LogP contribution is 2.36. The maximum Gasteiger partial charge on any atom is 0.323 e. The third kappa shape index (κ3) is 3.39. The molecule has 0 bridgehead atoms. The van der Waals surface area contributed by atoms with E-state index in [4.69, 9.17) is 5.11 Å². The standard InChI is InChI=1S/C14H20N2O4S2/c1-3-16(4-2)22(19,20)11-5-6-13-12(9-11)15(7-8-21-13)10-14(17)18/h5-6,9H,3-4,7-8,10H2,1-2H3,(H,17,18). The van der Waals surface area contributed by atoms with Gasteiger partial charge >= 0.3 is 5.97 Å². The Balaban J connectivity index is 2.43. The Hall–Kier alpha value is -1.25. The number of sulfonamides is 1. The van der Waals surface area contributed by atoms with E-state index < -0.39 is 16.0 Å². The average Bonchev–Trinajstić information content (AvgIpc) is 2.47. The van der Waals surface area contributed by atoms with Gasteiger partial charge in [0.1, 0.15) is 6.54 Å². The molecule has 0 saturated heterocycles. The van der Waals surface area contributed by atoms with Crippen LogP contribution in [0, 0.1) is 0 Å². The lowest BCUT2D eigenvalue weighted by atomic mass is 10.2. The maximum absolute atomic E-state index is 12.6. The molecule has 0 saturated carbocycles. The van der Waals surface area contributed by atoms with Crippen molar-refractivity contribution in [1.29, 1.82) is 0 Å². The summed E-state index contributed by atoms with van der Waals surface area (Å²) in [6.07, 6.45) is 0. The van der Waals surface area contributed by atoms with E-state index >= 15 is 0 Å². The Morgan fingerprint density at radius 3 is 2.64 bits per heavy atom. The highest BCUT2D eigenvalue weighted by atomic mass is 32.2. The monoisotopic (exact) mass is 344 g/mol. The maximum atomic E-state index is 12.6. The molecule has 122 valence electrons. The number of hydrogen-bond donors (Lipinski definition) is 1. The second kappa shape index (κ2) is 6.89. The van der Waals surface area contributed by atoms with Gasteiger partial charge in [-0.05, 0) is 18.2 Å². The summed E-state index contributed by atoms with van der Waals surface area (Å²) in [5, 5.41) is 9.01. The number of anilines is 1. The number of nitrogens with zero attached hydrogens (tertiary/aromatic N) is 2. The van der Waals surface area contributed by atoms with Crippen LogP contribution in [0.15, 0.2) is 28.0 Å². The first-order chi connectivity index (χ1) is 10.4. The number of carbonyl (C=O) groups is 1. The Labute approximate surface area is 135 Å². The fourth-order valence-corrected chi connectivity index (χ4v) is 4.96. The zero-order chi connectivity index (χ0) is 16.3. The molecule has 0 aromatic heterocycles. The predicted octanol–water partition coefficient (Wildman–Crippen LogP) is 1.71. The van der Waals surface area contributed by atoms with Crippen LogP contribution in [0.1, 0.15) is 13.8 Å². The number of fused-ring (bicyclic) bond motifs is 1. The molecule has 0 aliphatic carbocycles. The second-order valence-corrected chi connectivity index (χ2v) is 7.96. The van der Waals surface area contributed by atoms with E-state index in [2.05, 4.69) is 0 Å². The smallest absolute Gasteiger partial charge is 0.323 e. The van der Waals surface area contributed by atoms with Crippen molar-refractivity contribution in [2.45, 2.75) is 23.6 Å². The molecule has 1 N–H and O–H groups in total. The first-order valence-corrected chi connectivity index (χ1v) is 9.56. The lowest BCUT2D eigenvalue weighted by molar-refractivity contribution is -0.135. The molecule has 1 aliphatic heterocycles. The molecule has 1 heterocycles. The van der Waals surface area contributed by atoms with Gasteiger partial charge < -0.3 is 10.0 Å². The largest absolute Gasteiger partial charge is 0.480 e. The Kier molecular flexibility index (Phi) is 5.36. The molecule has 0 spiro atoms. The average molecular weight is 344 g/mol. The van der Waals surface area contributed by atoms with Crippen molar-refractivity contribution in [1.82, 2.24) is 4.31 Å². The fourth-order valence-electron chi connectivity index (χ4n) is 2.45. The summed E-state index contributed by atoms with van der Waals surface area (Å²) in [6, 6.07) is 4.96. The van der Waals surface area contributed by atoms with Gasteiger partial charge in [-0.3, -0.25) is 4.79 Å². The van der Waals surface area contributed by atoms with Gasteiger partial charge in [0.05, 0.1) is 10.6 Å². The molecule has 1 aliphatic rings. The summed E-state index contributed by atoms with van der Waals surface area (Å²) >= 11 is 1.62.